The predicted molar refractivity (Wildman–Crippen MR) is 45.0 cm³/mol. The van der Waals surface area contributed by atoms with Gasteiger partial charge in [-0.2, -0.15) is 10.5 Å². The molecule has 1 aromatic carbocycles. The lowest BCUT2D eigenvalue weighted by atomic mass is 10.1. The Morgan fingerprint density at radius 2 is 1.82 bits per heavy atom. The monoisotopic (exact) mass is 143 g/mol. The topological polar surface area (TPSA) is 26.5 Å². The van der Waals surface area contributed by atoms with Crippen LogP contribution >= 0.6 is 0 Å². The van der Waals surface area contributed by atoms with Crippen molar-refractivity contribution >= 4 is 11.8 Å². The van der Waals surface area contributed by atoms with Gasteiger partial charge in [0.15, 0.2) is 0 Å². The summed E-state index contributed by atoms with van der Waals surface area (Å²) in [5, 5.41) is 3.75. The van der Waals surface area contributed by atoms with Gasteiger partial charge in [-0.05, 0) is 5.56 Å². The van der Waals surface area contributed by atoms with E-state index in [1.807, 2.05) is 30.3 Å². The quantitative estimate of drug-likeness (QED) is 0.571. The van der Waals surface area contributed by atoms with E-state index in [0.717, 1.165) is 11.1 Å². The highest BCUT2D eigenvalue weighted by atomic mass is 15.3. The molecule has 11 heavy (non-hydrogen) atoms. The third-order valence-corrected chi connectivity index (χ3v) is 1.57. The molecule has 0 atom stereocenters. The smallest absolute Gasteiger partial charge is 0.0590 e. The molecule has 0 N–H and O–H groups in total. The number of hydrogen-bond acceptors (Lipinski definition) is 1. The standard InChI is InChI=1S/C9H7N2/c1-2-4-8(5-3-1)9-6-10-11-7-9/h1-7H. The van der Waals surface area contributed by atoms with Crippen LogP contribution in [0.4, 0.5) is 0 Å². The van der Waals surface area contributed by atoms with E-state index in [1.165, 1.54) is 0 Å². The molecule has 0 amide bonds. The first-order chi connectivity index (χ1) is 5.47. The van der Waals surface area contributed by atoms with Gasteiger partial charge in [-0.15, -0.1) is 0 Å². The van der Waals surface area contributed by atoms with Crippen molar-refractivity contribution in [2.24, 2.45) is 5.10 Å². The SMILES string of the molecule is C1=N[N]C=C1c1ccccc1. The molecule has 1 aliphatic heterocycles. The molecule has 0 spiro atoms. The van der Waals surface area contributed by atoms with Crippen molar-refractivity contribution in [3.63, 3.8) is 0 Å². The number of allylic oxidation sites excluding steroid dienone is 1. The minimum absolute atomic E-state index is 1.07. The lowest BCUT2D eigenvalue weighted by molar-refractivity contribution is 0.977. The minimum atomic E-state index is 1.07. The third kappa shape index (κ3) is 1.15. The molecule has 0 saturated heterocycles. The first-order valence-electron chi connectivity index (χ1n) is 3.45. The Morgan fingerprint density at radius 1 is 1.00 bits per heavy atom. The summed E-state index contributed by atoms with van der Waals surface area (Å²) in [5.74, 6) is 0. The first kappa shape index (κ1) is 6.16. The Morgan fingerprint density at radius 3 is 2.45 bits per heavy atom. The normalized spacial score (nSPS) is 14.4. The van der Waals surface area contributed by atoms with Crippen LogP contribution < -0.4 is 5.43 Å². The van der Waals surface area contributed by atoms with Crippen LogP contribution in [0.5, 0.6) is 0 Å². The molecule has 0 unspecified atom stereocenters. The molecular weight excluding hydrogens is 136 g/mol. The maximum atomic E-state index is 3.75. The summed E-state index contributed by atoms with van der Waals surface area (Å²) in [6.45, 7) is 0. The van der Waals surface area contributed by atoms with E-state index in [2.05, 4.69) is 10.5 Å². The van der Waals surface area contributed by atoms with Crippen molar-refractivity contribution in [1.29, 1.82) is 0 Å². The zero-order valence-electron chi connectivity index (χ0n) is 5.94. The molecule has 0 fully saturated rings. The van der Waals surface area contributed by atoms with Gasteiger partial charge in [0.1, 0.15) is 0 Å². The van der Waals surface area contributed by atoms with E-state index in [4.69, 9.17) is 0 Å². The zero-order valence-corrected chi connectivity index (χ0v) is 5.94. The van der Waals surface area contributed by atoms with Crippen LogP contribution in [0.25, 0.3) is 5.57 Å². The van der Waals surface area contributed by atoms with Crippen LogP contribution in [0.2, 0.25) is 0 Å². The second-order valence-electron chi connectivity index (χ2n) is 2.31. The lowest BCUT2D eigenvalue weighted by Gasteiger charge is -1.94. The maximum Gasteiger partial charge on any atom is 0.0590 e. The third-order valence-electron chi connectivity index (χ3n) is 1.57. The number of hydrogen-bond donors (Lipinski definition) is 0. The second-order valence-corrected chi connectivity index (χ2v) is 2.31. The molecule has 0 aliphatic carbocycles. The average molecular weight is 143 g/mol. The van der Waals surface area contributed by atoms with Gasteiger partial charge < -0.3 is 0 Å². The fourth-order valence-corrected chi connectivity index (χ4v) is 1.00. The number of benzene rings is 1. The number of nitrogens with zero attached hydrogens (tertiary/aromatic N) is 2. The van der Waals surface area contributed by atoms with Gasteiger partial charge in [0.2, 0.25) is 0 Å². The Balaban J connectivity index is 2.37. The van der Waals surface area contributed by atoms with Crippen molar-refractivity contribution in [3.8, 4) is 0 Å². The molecule has 1 aromatic rings. The molecule has 53 valence electrons. The van der Waals surface area contributed by atoms with Gasteiger partial charge in [-0.3, -0.25) is 0 Å². The molecule has 0 saturated carbocycles. The molecule has 2 rings (SSSR count). The van der Waals surface area contributed by atoms with Gasteiger partial charge >= 0.3 is 0 Å². The van der Waals surface area contributed by atoms with Gasteiger partial charge in [-0.25, -0.2) is 0 Å². The van der Waals surface area contributed by atoms with Gasteiger partial charge in [-0.1, -0.05) is 30.3 Å². The van der Waals surface area contributed by atoms with Crippen molar-refractivity contribution in [1.82, 2.24) is 5.43 Å². The van der Waals surface area contributed by atoms with Crippen molar-refractivity contribution in [2.75, 3.05) is 0 Å². The van der Waals surface area contributed by atoms with Gasteiger partial charge in [0, 0.05) is 5.57 Å². The highest BCUT2D eigenvalue weighted by molar-refractivity contribution is 6.10. The Labute approximate surface area is 65.2 Å². The molecule has 0 bridgehead atoms. The van der Waals surface area contributed by atoms with E-state index in [9.17, 15) is 0 Å². The van der Waals surface area contributed by atoms with Crippen LogP contribution in [-0.2, 0) is 0 Å². The minimum Gasteiger partial charge on any atom is -0.158 e. The van der Waals surface area contributed by atoms with E-state index in [0.29, 0.717) is 0 Å². The Bertz CT molecular complexity index is 299. The summed E-state index contributed by atoms with van der Waals surface area (Å²) in [4.78, 5) is 0. The van der Waals surface area contributed by atoms with E-state index < -0.39 is 0 Å². The predicted octanol–water partition coefficient (Wildman–Crippen LogP) is 1.63. The molecule has 2 nitrogen and oxygen atoms in total. The van der Waals surface area contributed by atoms with E-state index in [1.54, 1.807) is 12.4 Å². The zero-order chi connectivity index (χ0) is 7.52. The summed E-state index contributed by atoms with van der Waals surface area (Å²) < 4.78 is 0. The summed E-state index contributed by atoms with van der Waals surface area (Å²) >= 11 is 0. The van der Waals surface area contributed by atoms with Crippen LogP contribution in [0, 0.1) is 0 Å². The number of rotatable bonds is 1. The maximum absolute atomic E-state index is 3.75. The molecule has 2 heteroatoms. The summed E-state index contributed by atoms with van der Waals surface area (Å²) in [6.07, 6.45) is 3.52. The first-order valence-corrected chi connectivity index (χ1v) is 3.45. The highest BCUT2D eigenvalue weighted by Crippen LogP contribution is 2.12. The largest absolute Gasteiger partial charge is 0.158 e. The molecule has 0 aromatic heterocycles. The van der Waals surface area contributed by atoms with Crippen molar-refractivity contribution in [2.45, 2.75) is 0 Å². The van der Waals surface area contributed by atoms with Crippen LogP contribution in [0.15, 0.2) is 41.6 Å². The van der Waals surface area contributed by atoms with Crippen LogP contribution in [0.3, 0.4) is 0 Å². The van der Waals surface area contributed by atoms with Crippen LogP contribution in [0.1, 0.15) is 5.56 Å². The lowest BCUT2D eigenvalue weighted by Crippen LogP contribution is -1.80. The fraction of sp³-hybridized carbons (Fsp3) is 0. The molecular formula is C9H7N2. The molecule has 1 heterocycles. The van der Waals surface area contributed by atoms with E-state index in [-0.39, 0.29) is 0 Å². The van der Waals surface area contributed by atoms with Gasteiger partial charge in [0.25, 0.3) is 0 Å². The van der Waals surface area contributed by atoms with Crippen molar-refractivity contribution in [3.05, 3.63) is 42.1 Å². The Kier molecular flexibility index (Phi) is 1.44. The van der Waals surface area contributed by atoms with Crippen molar-refractivity contribution < 1.29 is 0 Å². The molecule has 1 aliphatic rings. The van der Waals surface area contributed by atoms with E-state index >= 15 is 0 Å². The summed E-state index contributed by atoms with van der Waals surface area (Å²) in [5.41, 5.74) is 5.99. The Hall–Kier alpha value is -1.57. The average Bonchev–Trinajstić information content (AvgIpc) is 2.58. The second kappa shape index (κ2) is 2.58. The fourth-order valence-electron chi connectivity index (χ4n) is 1.00. The van der Waals surface area contributed by atoms with Crippen LogP contribution in [-0.4, -0.2) is 6.21 Å². The highest BCUT2D eigenvalue weighted by Gasteiger charge is 2.00. The summed E-state index contributed by atoms with van der Waals surface area (Å²) in [7, 11) is 0. The van der Waals surface area contributed by atoms with Gasteiger partial charge in [0.05, 0.1) is 12.4 Å². The summed E-state index contributed by atoms with van der Waals surface area (Å²) in [6, 6.07) is 10.1. The molecule has 1 radical (unpaired) electrons.